The van der Waals surface area contributed by atoms with Gasteiger partial charge in [0, 0.05) is 6.54 Å². The van der Waals surface area contributed by atoms with Crippen LogP contribution < -0.4 is 4.90 Å². The summed E-state index contributed by atoms with van der Waals surface area (Å²) >= 11 is 0. The minimum absolute atomic E-state index is 0.373. The van der Waals surface area contributed by atoms with Gasteiger partial charge in [-0.05, 0) is 43.5 Å². The van der Waals surface area contributed by atoms with Gasteiger partial charge in [0.15, 0.2) is 5.76 Å². The number of nitrogens with zero attached hydrogens (tertiary/aromatic N) is 3. The molecule has 0 saturated heterocycles. The molecule has 2 rings (SSSR count). The fourth-order valence-electron chi connectivity index (χ4n) is 2.66. The van der Waals surface area contributed by atoms with E-state index in [-0.39, 0.29) is 5.82 Å². The van der Waals surface area contributed by atoms with E-state index in [1.165, 1.54) is 31.5 Å². The van der Waals surface area contributed by atoms with E-state index in [0.29, 0.717) is 29.8 Å². The van der Waals surface area contributed by atoms with Gasteiger partial charge in [-0.3, -0.25) is 4.90 Å². The maximum atomic E-state index is 13.2. The van der Waals surface area contributed by atoms with Gasteiger partial charge < -0.3 is 4.42 Å². The highest BCUT2D eigenvalue weighted by Crippen LogP contribution is 2.27. The number of aromatic nitrogens is 2. The van der Waals surface area contributed by atoms with E-state index in [1.54, 1.807) is 18.2 Å². The van der Waals surface area contributed by atoms with Crippen LogP contribution in [0.25, 0.3) is 12.2 Å². The summed E-state index contributed by atoms with van der Waals surface area (Å²) in [7, 11) is 0. The van der Waals surface area contributed by atoms with E-state index in [4.69, 9.17) is 4.42 Å². The number of anilines is 2. The van der Waals surface area contributed by atoms with E-state index in [9.17, 15) is 4.39 Å². The second-order valence-electron chi connectivity index (χ2n) is 5.99. The van der Waals surface area contributed by atoms with Crippen molar-refractivity contribution >= 4 is 24.0 Å². The van der Waals surface area contributed by atoms with E-state index in [0.717, 1.165) is 19.3 Å². The molecule has 2 heterocycles. The zero-order chi connectivity index (χ0) is 18.8. The number of allylic oxidation sites excluding steroid dienone is 1. The fraction of sp³-hybridized carbons (Fsp3) is 0.333. The van der Waals surface area contributed by atoms with Crippen LogP contribution in [0.15, 0.2) is 48.6 Å². The van der Waals surface area contributed by atoms with Crippen LogP contribution >= 0.6 is 0 Å². The van der Waals surface area contributed by atoms with Gasteiger partial charge in [-0.25, -0.2) is 9.37 Å². The molecular formula is C21H26FN3O. The highest BCUT2D eigenvalue weighted by atomic mass is 19.1. The van der Waals surface area contributed by atoms with Crippen molar-refractivity contribution in [2.24, 2.45) is 0 Å². The van der Waals surface area contributed by atoms with Gasteiger partial charge in [0.05, 0.1) is 6.20 Å². The fourth-order valence-corrected chi connectivity index (χ4v) is 2.66. The molecule has 2 aromatic rings. The van der Waals surface area contributed by atoms with Gasteiger partial charge in [-0.2, -0.15) is 4.98 Å². The van der Waals surface area contributed by atoms with Crippen LogP contribution in [0, 0.1) is 5.82 Å². The smallest absolute Gasteiger partial charge is 0.304 e. The van der Waals surface area contributed by atoms with Crippen molar-refractivity contribution in [3.63, 3.8) is 0 Å². The van der Waals surface area contributed by atoms with Crippen molar-refractivity contribution in [3.8, 4) is 0 Å². The Labute approximate surface area is 154 Å². The molecule has 0 aliphatic rings. The van der Waals surface area contributed by atoms with E-state index in [2.05, 4.69) is 29.7 Å². The largest absolute Gasteiger partial charge is 0.423 e. The third-order valence-electron chi connectivity index (χ3n) is 4.06. The summed E-state index contributed by atoms with van der Waals surface area (Å²) in [4.78, 5) is 10.5. The second kappa shape index (κ2) is 10.3. The molecule has 0 spiro atoms. The van der Waals surface area contributed by atoms with Crippen molar-refractivity contribution in [1.82, 2.24) is 9.97 Å². The average Bonchev–Trinajstić information content (AvgIpc) is 3.08. The van der Waals surface area contributed by atoms with Crippen LogP contribution in [-0.4, -0.2) is 16.5 Å². The molecule has 5 heteroatoms. The second-order valence-corrected chi connectivity index (χ2v) is 5.99. The lowest BCUT2D eigenvalue weighted by Gasteiger charge is -2.19. The average molecular weight is 355 g/mol. The van der Waals surface area contributed by atoms with Crippen molar-refractivity contribution in [1.29, 1.82) is 0 Å². The summed E-state index contributed by atoms with van der Waals surface area (Å²) in [6, 6.07) is 3.43. The van der Waals surface area contributed by atoms with Gasteiger partial charge in [0.2, 0.25) is 0 Å². The summed E-state index contributed by atoms with van der Waals surface area (Å²) in [5, 5.41) is 0. The molecule has 0 N–H and O–H groups in total. The van der Waals surface area contributed by atoms with Gasteiger partial charge >= 0.3 is 6.01 Å². The van der Waals surface area contributed by atoms with Crippen LogP contribution in [0.1, 0.15) is 50.0 Å². The van der Waals surface area contributed by atoms with Crippen LogP contribution in [-0.2, 0) is 0 Å². The van der Waals surface area contributed by atoms with Gasteiger partial charge in [-0.1, -0.05) is 38.5 Å². The summed E-state index contributed by atoms with van der Waals surface area (Å²) in [6.45, 7) is 11.9. The van der Waals surface area contributed by atoms with Gasteiger partial charge in [-0.15, -0.1) is 6.58 Å². The monoisotopic (exact) mass is 355 g/mol. The van der Waals surface area contributed by atoms with Crippen molar-refractivity contribution < 1.29 is 8.81 Å². The Hall–Kier alpha value is -2.69. The van der Waals surface area contributed by atoms with E-state index in [1.807, 2.05) is 11.0 Å². The highest BCUT2D eigenvalue weighted by molar-refractivity contribution is 5.60. The normalized spacial score (nSPS) is 10.5. The number of pyridine rings is 1. The Bertz CT molecular complexity index is 696. The molecular weight excluding hydrogens is 329 g/mol. The predicted octanol–water partition coefficient (Wildman–Crippen LogP) is 6.16. The minimum atomic E-state index is -0.373. The quantitative estimate of drug-likeness (QED) is 0.338. The number of hydrogen-bond donors (Lipinski definition) is 0. The minimum Gasteiger partial charge on any atom is -0.423 e. The summed E-state index contributed by atoms with van der Waals surface area (Å²) in [5.41, 5.74) is 0.631. The highest BCUT2D eigenvalue weighted by Gasteiger charge is 2.18. The number of hydrogen-bond acceptors (Lipinski definition) is 4. The number of halogens is 1. The first-order chi connectivity index (χ1) is 12.7. The standard InChI is InChI=1S/C21H26FN3O/c1-4-7-8-9-10-11-12-15-25(20-14-13-17(22)16-23-20)21-24-18(5-2)19(6-3)26-21/h4-6,13-14,16H,1-3,7-12,15H2. The molecule has 26 heavy (non-hydrogen) atoms. The summed E-state index contributed by atoms with van der Waals surface area (Å²) in [6.07, 6.45) is 13.0. The first kappa shape index (κ1) is 19.6. The van der Waals surface area contributed by atoms with E-state index < -0.39 is 0 Å². The summed E-state index contributed by atoms with van der Waals surface area (Å²) in [5.74, 6) is 0.791. The summed E-state index contributed by atoms with van der Waals surface area (Å²) < 4.78 is 19.0. The van der Waals surface area contributed by atoms with Crippen LogP contribution in [0.4, 0.5) is 16.2 Å². The molecule has 0 aromatic carbocycles. The first-order valence-corrected chi connectivity index (χ1v) is 8.95. The molecule has 0 unspecified atom stereocenters. The first-order valence-electron chi connectivity index (χ1n) is 8.95. The molecule has 0 aliphatic carbocycles. The van der Waals surface area contributed by atoms with E-state index >= 15 is 0 Å². The Kier molecular flexibility index (Phi) is 7.80. The SMILES string of the molecule is C=CCCCCCCCN(c1ccc(F)cn1)c1nc(C=C)c(C=C)o1. The van der Waals surface area contributed by atoms with Crippen molar-refractivity contribution in [2.75, 3.05) is 11.4 Å². The molecule has 138 valence electrons. The van der Waals surface area contributed by atoms with Crippen LogP contribution in [0.5, 0.6) is 0 Å². The number of oxazole rings is 1. The predicted molar refractivity (Wildman–Crippen MR) is 106 cm³/mol. The third kappa shape index (κ3) is 5.41. The molecule has 2 aromatic heterocycles. The Balaban J connectivity index is 2.08. The molecule has 0 saturated carbocycles. The lowest BCUT2D eigenvalue weighted by atomic mass is 10.1. The molecule has 0 amide bonds. The van der Waals surface area contributed by atoms with Crippen molar-refractivity contribution in [3.05, 3.63) is 61.4 Å². The molecule has 0 fully saturated rings. The maximum Gasteiger partial charge on any atom is 0.304 e. The van der Waals surface area contributed by atoms with Gasteiger partial charge in [0.1, 0.15) is 17.3 Å². The molecule has 0 bridgehead atoms. The van der Waals surface area contributed by atoms with Crippen molar-refractivity contribution in [2.45, 2.75) is 38.5 Å². The Morgan fingerprint density at radius 1 is 1.04 bits per heavy atom. The molecule has 4 nitrogen and oxygen atoms in total. The van der Waals surface area contributed by atoms with Crippen LogP contribution in [0.2, 0.25) is 0 Å². The zero-order valence-electron chi connectivity index (χ0n) is 15.2. The number of unbranched alkanes of at least 4 members (excludes halogenated alkanes) is 5. The topological polar surface area (TPSA) is 42.2 Å². The zero-order valence-corrected chi connectivity index (χ0v) is 15.2. The maximum absolute atomic E-state index is 13.2. The van der Waals surface area contributed by atoms with Gasteiger partial charge in [0.25, 0.3) is 0 Å². The molecule has 0 radical (unpaired) electrons. The van der Waals surface area contributed by atoms with Crippen LogP contribution in [0.3, 0.4) is 0 Å². The molecule has 0 aliphatic heterocycles. The lowest BCUT2D eigenvalue weighted by molar-refractivity contribution is 0.533. The third-order valence-corrected chi connectivity index (χ3v) is 4.06. The lowest BCUT2D eigenvalue weighted by Crippen LogP contribution is -2.20. The number of rotatable bonds is 12. The Morgan fingerprint density at radius 2 is 1.81 bits per heavy atom. The Morgan fingerprint density at radius 3 is 2.42 bits per heavy atom. The molecule has 0 atom stereocenters.